The van der Waals surface area contributed by atoms with E-state index in [9.17, 15) is 18.5 Å². The zero-order chi connectivity index (χ0) is 19.1. The van der Waals surface area contributed by atoms with Gasteiger partial charge in [0.25, 0.3) is 5.91 Å². The molecule has 0 saturated carbocycles. The van der Waals surface area contributed by atoms with Gasteiger partial charge in [0.2, 0.25) is 0 Å². The summed E-state index contributed by atoms with van der Waals surface area (Å²) in [5.74, 6) is -3.05. The SMILES string of the molecule is CC[C@H](CONC(=O)c1ccc(F)c(F)c1Nc1ccccc1I)N=O. The third-order valence-corrected chi connectivity index (χ3v) is 4.47. The first kappa shape index (κ1) is 20.2. The Bertz CT molecular complexity index is 805. The molecular weight excluding hydrogens is 459 g/mol. The molecule has 2 N–H and O–H groups in total. The van der Waals surface area contributed by atoms with Crippen molar-refractivity contribution >= 4 is 39.9 Å². The van der Waals surface area contributed by atoms with Crippen molar-refractivity contribution in [2.75, 3.05) is 11.9 Å². The number of carbonyl (C=O) groups excluding carboxylic acids is 1. The van der Waals surface area contributed by atoms with Crippen LogP contribution in [0.4, 0.5) is 20.2 Å². The summed E-state index contributed by atoms with van der Waals surface area (Å²) in [5.41, 5.74) is 2.18. The molecule has 0 aliphatic rings. The van der Waals surface area contributed by atoms with E-state index < -0.39 is 23.6 Å². The van der Waals surface area contributed by atoms with Crippen molar-refractivity contribution < 1.29 is 18.4 Å². The second-order valence-electron chi connectivity index (χ2n) is 5.30. The van der Waals surface area contributed by atoms with Crippen molar-refractivity contribution in [3.05, 3.63) is 62.1 Å². The maximum atomic E-state index is 14.3. The topological polar surface area (TPSA) is 79.8 Å². The number of nitrogens with one attached hydrogen (secondary N) is 2. The van der Waals surface area contributed by atoms with Gasteiger partial charge in [0.15, 0.2) is 11.6 Å². The van der Waals surface area contributed by atoms with Crippen LogP contribution in [0.15, 0.2) is 41.6 Å². The molecule has 0 aliphatic heterocycles. The Morgan fingerprint density at radius 3 is 2.65 bits per heavy atom. The summed E-state index contributed by atoms with van der Waals surface area (Å²) in [6, 6.07) is 8.36. The van der Waals surface area contributed by atoms with Crippen molar-refractivity contribution in [3.8, 4) is 0 Å². The molecule has 9 heteroatoms. The molecule has 0 aliphatic carbocycles. The number of benzene rings is 2. The Hall–Kier alpha value is -2.14. The molecule has 2 rings (SSSR count). The fraction of sp³-hybridized carbons (Fsp3) is 0.235. The lowest BCUT2D eigenvalue weighted by molar-refractivity contribution is 0.0258. The molecule has 0 unspecified atom stereocenters. The Kier molecular flexibility index (Phi) is 7.39. The molecule has 0 radical (unpaired) electrons. The van der Waals surface area contributed by atoms with Crippen molar-refractivity contribution in [2.24, 2.45) is 5.18 Å². The number of rotatable bonds is 8. The molecule has 0 spiro atoms. The van der Waals surface area contributed by atoms with Gasteiger partial charge in [0.05, 0.1) is 16.9 Å². The number of para-hydroxylation sites is 1. The molecule has 138 valence electrons. The number of nitrogens with zero attached hydrogens (tertiary/aromatic N) is 1. The lowest BCUT2D eigenvalue weighted by Gasteiger charge is -2.15. The number of halogens is 3. The quantitative estimate of drug-likeness (QED) is 0.335. The normalized spacial score (nSPS) is 11.7. The van der Waals surface area contributed by atoms with Crippen LogP contribution in [0.5, 0.6) is 0 Å². The molecule has 6 nitrogen and oxygen atoms in total. The summed E-state index contributed by atoms with van der Waals surface area (Å²) < 4.78 is 28.7. The zero-order valence-electron chi connectivity index (χ0n) is 13.8. The van der Waals surface area contributed by atoms with Crippen molar-refractivity contribution in [1.82, 2.24) is 5.48 Å². The smallest absolute Gasteiger partial charge is 0.277 e. The van der Waals surface area contributed by atoms with Crippen LogP contribution < -0.4 is 10.8 Å². The van der Waals surface area contributed by atoms with E-state index in [1.165, 1.54) is 0 Å². The first-order valence-electron chi connectivity index (χ1n) is 7.72. The van der Waals surface area contributed by atoms with Gasteiger partial charge in [-0.25, -0.2) is 14.3 Å². The molecule has 0 heterocycles. The van der Waals surface area contributed by atoms with Gasteiger partial charge < -0.3 is 5.32 Å². The lowest BCUT2D eigenvalue weighted by atomic mass is 10.1. The zero-order valence-corrected chi connectivity index (χ0v) is 15.9. The average Bonchev–Trinajstić information content (AvgIpc) is 2.64. The summed E-state index contributed by atoms with van der Waals surface area (Å²) in [4.78, 5) is 27.7. The van der Waals surface area contributed by atoms with E-state index in [1.807, 2.05) is 22.6 Å². The van der Waals surface area contributed by atoms with E-state index in [0.29, 0.717) is 12.1 Å². The van der Waals surface area contributed by atoms with Crippen LogP contribution in [0.2, 0.25) is 0 Å². The highest BCUT2D eigenvalue weighted by molar-refractivity contribution is 14.1. The number of hydroxylamine groups is 1. The van der Waals surface area contributed by atoms with Crippen LogP contribution in [-0.4, -0.2) is 18.6 Å². The predicted molar refractivity (Wildman–Crippen MR) is 102 cm³/mol. The van der Waals surface area contributed by atoms with Crippen molar-refractivity contribution in [2.45, 2.75) is 19.4 Å². The van der Waals surface area contributed by atoms with Crippen LogP contribution in [0.3, 0.4) is 0 Å². The number of nitroso groups, excluding NO2 is 1. The maximum absolute atomic E-state index is 14.3. The Morgan fingerprint density at radius 1 is 1.27 bits per heavy atom. The Morgan fingerprint density at radius 2 is 2.00 bits per heavy atom. The molecule has 2 aromatic rings. The number of hydrogen-bond donors (Lipinski definition) is 2. The molecule has 0 aromatic heterocycles. The first-order chi connectivity index (χ1) is 12.5. The minimum Gasteiger partial charge on any atom is -0.352 e. The summed E-state index contributed by atoms with van der Waals surface area (Å²) in [6.45, 7) is 1.63. The number of hydrogen-bond acceptors (Lipinski definition) is 5. The van der Waals surface area contributed by atoms with Gasteiger partial charge in [-0.3, -0.25) is 9.63 Å². The largest absolute Gasteiger partial charge is 0.352 e. The molecule has 0 fully saturated rings. The average molecular weight is 475 g/mol. The maximum Gasteiger partial charge on any atom is 0.277 e. The van der Waals surface area contributed by atoms with E-state index in [2.05, 4.69) is 16.0 Å². The van der Waals surface area contributed by atoms with Crippen LogP contribution in [-0.2, 0) is 4.84 Å². The molecule has 1 atom stereocenters. The van der Waals surface area contributed by atoms with Crippen molar-refractivity contribution in [1.29, 1.82) is 0 Å². The summed E-state index contributed by atoms with van der Waals surface area (Å²) in [6.07, 6.45) is 0.448. The highest BCUT2D eigenvalue weighted by Gasteiger charge is 2.20. The van der Waals surface area contributed by atoms with Crippen LogP contribution >= 0.6 is 22.6 Å². The van der Waals surface area contributed by atoms with Crippen LogP contribution in [0, 0.1) is 20.1 Å². The fourth-order valence-corrected chi connectivity index (χ4v) is 2.56. The molecule has 1 amide bonds. The van der Waals surface area contributed by atoms with E-state index in [4.69, 9.17) is 4.84 Å². The number of anilines is 2. The van der Waals surface area contributed by atoms with Gasteiger partial charge in [-0.05, 0) is 53.3 Å². The van der Waals surface area contributed by atoms with Gasteiger partial charge in [0.1, 0.15) is 12.6 Å². The van der Waals surface area contributed by atoms with Gasteiger partial charge in [-0.15, -0.1) is 0 Å². The molecule has 26 heavy (non-hydrogen) atoms. The second kappa shape index (κ2) is 9.53. The minimum atomic E-state index is -1.18. The Balaban J connectivity index is 2.23. The minimum absolute atomic E-state index is 0.116. The standard InChI is InChI=1S/C17H16F2IN3O3/c1-2-10(22-25)9-26-23-17(24)11-7-8-12(18)15(19)16(11)21-14-6-4-3-5-13(14)20/h3-8,10,21H,2,9H2,1H3,(H,23,24)/t10-/m1/s1. The van der Waals surface area contributed by atoms with E-state index >= 15 is 0 Å². The highest BCUT2D eigenvalue weighted by atomic mass is 127. The summed E-state index contributed by atoms with van der Waals surface area (Å²) in [5, 5.41) is 5.58. The third-order valence-electron chi connectivity index (χ3n) is 3.53. The number of carbonyl (C=O) groups is 1. The molecule has 2 aromatic carbocycles. The Labute approximate surface area is 162 Å². The molecular formula is C17H16F2IN3O3. The van der Waals surface area contributed by atoms with Crippen LogP contribution in [0.1, 0.15) is 23.7 Å². The van der Waals surface area contributed by atoms with E-state index in [0.717, 1.165) is 15.7 Å². The monoisotopic (exact) mass is 475 g/mol. The van der Waals surface area contributed by atoms with Gasteiger partial charge in [-0.2, -0.15) is 4.91 Å². The lowest BCUT2D eigenvalue weighted by Crippen LogP contribution is -2.28. The summed E-state index contributed by atoms with van der Waals surface area (Å²) >= 11 is 2.03. The molecule has 0 bridgehead atoms. The number of amides is 1. The second-order valence-corrected chi connectivity index (χ2v) is 6.46. The third kappa shape index (κ3) is 4.94. The predicted octanol–water partition coefficient (Wildman–Crippen LogP) is 4.52. The van der Waals surface area contributed by atoms with Crippen LogP contribution in [0.25, 0.3) is 0 Å². The molecule has 0 saturated heterocycles. The fourth-order valence-electron chi connectivity index (χ4n) is 2.04. The van der Waals surface area contributed by atoms with Gasteiger partial charge in [0, 0.05) is 3.57 Å². The highest BCUT2D eigenvalue weighted by Crippen LogP contribution is 2.28. The van der Waals surface area contributed by atoms with Crippen molar-refractivity contribution in [3.63, 3.8) is 0 Å². The van der Waals surface area contributed by atoms with E-state index in [1.54, 1.807) is 31.2 Å². The van der Waals surface area contributed by atoms with Gasteiger partial charge in [-0.1, -0.05) is 24.2 Å². The summed E-state index contributed by atoms with van der Waals surface area (Å²) in [7, 11) is 0. The van der Waals surface area contributed by atoms with E-state index in [-0.39, 0.29) is 17.9 Å². The first-order valence-corrected chi connectivity index (χ1v) is 8.80. The van der Waals surface area contributed by atoms with Gasteiger partial charge >= 0.3 is 0 Å².